The monoisotopic (exact) mass is 284 g/mol. The summed E-state index contributed by atoms with van der Waals surface area (Å²) in [6, 6.07) is 13.7. The van der Waals surface area contributed by atoms with Crippen molar-refractivity contribution in [1.29, 1.82) is 0 Å². The number of ether oxygens (including phenoxy) is 2. The molecule has 0 radical (unpaired) electrons. The van der Waals surface area contributed by atoms with Crippen molar-refractivity contribution in [2.45, 2.75) is 13.3 Å². The number of carbonyl (C=O) groups is 2. The molecule has 4 heteroatoms. The predicted octanol–water partition coefficient (Wildman–Crippen LogP) is 3.05. The molecule has 0 amide bonds. The summed E-state index contributed by atoms with van der Waals surface area (Å²) in [5.41, 5.74) is 1.40. The Bertz CT molecular complexity index is 600. The lowest BCUT2D eigenvalue weighted by molar-refractivity contribution is -0.133. The van der Waals surface area contributed by atoms with Gasteiger partial charge in [0.25, 0.3) is 0 Å². The summed E-state index contributed by atoms with van der Waals surface area (Å²) in [6.07, 6.45) is 0.924. The van der Waals surface area contributed by atoms with Crippen molar-refractivity contribution >= 4 is 12.3 Å². The van der Waals surface area contributed by atoms with Gasteiger partial charge in [-0.1, -0.05) is 12.1 Å². The second kappa shape index (κ2) is 7.24. The quantitative estimate of drug-likeness (QED) is 0.465. The van der Waals surface area contributed by atoms with E-state index in [1.165, 1.54) is 0 Å². The Balaban J connectivity index is 1.92. The molecule has 108 valence electrons. The molecule has 21 heavy (non-hydrogen) atoms. The van der Waals surface area contributed by atoms with Gasteiger partial charge in [0.15, 0.2) is 0 Å². The summed E-state index contributed by atoms with van der Waals surface area (Å²) in [4.78, 5) is 22.4. The second-order valence-electron chi connectivity index (χ2n) is 4.41. The number of aldehydes is 1. The van der Waals surface area contributed by atoms with Crippen LogP contribution in [0.15, 0.2) is 48.5 Å². The lowest BCUT2D eigenvalue weighted by Crippen LogP contribution is -2.11. The van der Waals surface area contributed by atoms with Gasteiger partial charge in [0.2, 0.25) is 0 Å². The van der Waals surface area contributed by atoms with Crippen LogP contribution in [0.1, 0.15) is 22.8 Å². The van der Waals surface area contributed by atoms with E-state index in [-0.39, 0.29) is 12.4 Å². The molecule has 0 spiro atoms. The molecular formula is C17H16O4. The molecule has 0 saturated carbocycles. The zero-order valence-corrected chi connectivity index (χ0v) is 11.7. The number of hydrogen-bond donors (Lipinski definition) is 0. The first-order chi connectivity index (χ1) is 10.2. The summed E-state index contributed by atoms with van der Waals surface area (Å²) in [7, 11) is 0. The molecule has 2 aromatic carbocycles. The van der Waals surface area contributed by atoms with Gasteiger partial charge < -0.3 is 9.47 Å². The van der Waals surface area contributed by atoms with Crippen molar-refractivity contribution in [3.63, 3.8) is 0 Å². The highest BCUT2D eigenvalue weighted by Crippen LogP contribution is 2.15. The van der Waals surface area contributed by atoms with Gasteiger partial charge >= 0.3 is 5.97 Å². The molecule has 2 rings (SSSR count). The van der Waals surface area contributed by atoms with Gasteiger partial charge in [-0.25, -0.2) is 0 Å². The van der Waals surface area contributed by atoms with E-state index in [4.69, 9.17) is 9.47 Å². The Morgan fingerprint density at radius 1 is 1.00 bits per heavy atom. The van der Waals surface area contributed by atoms with Crippen LogP contribution in [-0.4, -0.2) is 18.9 Å². The zero-order valence-electron chi connectivity index (χ0n) is 11.7. The first kappa shape index (κ1) is 14.8. The Morgan fingerprint density at radius 2 is 1.62 bits per heavy atom. The van der Waals surface area contributed by atoms with Crippen LogP contribution in [0.2, 0.25) is 0 Å². The maximum absolute atomic E-state index is 11.8. The van der Waals surface area contributed by atoms with E-state index in [1.54, 1.807) is 24.3 Å². The molecule has 0 heterocycles. The number of hydrogen-bond acceptors (Lipinski definition) is 4. The van der Waals surface area contributed by atoms with Crippen molar-refractivity contribution in [2.24, 2.45) is 0 Å². The Labute approximate surface area is 123 Å². The number of carbonyl (C=O) groups excluding carboxylic acids is 2. The smallest absolute Gasteiger partial charge is 0.315 e. The third kappa shape index (κ3) is 4.45. The van der Waals surface area contributed by atoms with Gasteiger partial charge in [-0.05, 0) is 48.9 Å². The topological polar surface area (TPSA) is 52.6 Å². The Morgan fingerprint density at radius 3 is 2.19 bits per heavy atom. The van der Waals surface area contributed by atoms with Crippen LogP contribution in [0.4, 0.5) is 0 Å². The van der Waals surface area contributed by atoms with Crippen molar-refractivity contribution in [1.82, 2.24) is 0 Å². The van der Waals surface area contributed by atoms with Gasteiger partial charge in [-0.2, -0.15) is 0 Å². The van der Waals surface area contributed by atoms with Crippen LogP contribution in [0.25, 0.3) is 0 Å². The van der Waals surface area contributed by atoms with E-state index in [1.807, 2.05) is 31.2 Å². The molecule has 0 aromatic heterocycles. The maximum Gasteiger partial charge on any atom is 0.315 e. The first-order valence-electron chi connectivity index (χ1n) is 6.69. The molecule has 0 aliphatic heterocycles. The molecule has 0 unspecified atom stereocenters. The SMILES string of the molecule is CCOc1ccc(CC(=O)Oc2ccc(C=O)cc2)cc1. The van der Waals surface area contributed by atoms with Gasteiger partial charge in [-0.3, -0.25) is 9.59 Å². The van der Waals surface area contributed by atoms with Gasteiger partial charge in [0.1, 0.15) is 17.8 Å². The molecule has 2 aromatic rings. The molecular weight excluding hydrogens is 268 g/mol. The van der Waals surface area contributed by atoms with E-state index >= 15 is 0 Å². The number of esters is 1. The average molecular weight is 284 g/mol. The van der Waals surface area contributed by atoms with Crippen LogP contribution in [-0.2, 0) is 11.2 Å². The summed E-state index contributed by atoms with van der Waals surface area (Å²) in [6.45, 7) is 2.53. The Hall–Kier alpha value is -2.62. The zero-order chi connectivity index (χ0) is 15.1. The van der Waals surface area contributed by atoms with Crippen LogP contribution in [0.5, 0.6) is 11.5 Å². The molecule has 0 saturated heterocycles. The highest BCUT2D eigenvalue weighted by Gasteiger charge is 2.07. The van der Waals surface area contributed by atoms with Crippen LogP contribution < -0.4 is 9.47 Å². The van der Waals surface area contributed by atoms with Crippen LogP contribution >= 0.6 is 0 Å². The average Bonchev–Trinajstić information content (AvgIpc) is 2.50. The van der Waals surface area contributed by atoms with E-state index < -0.39 is 0 Å². The molecule has 0 aliphatic carbocycles. The largest absolute Gasteiger partial charge is 0.494 e. The molecule has 0 N–H and O–H groups in total. The highest BCUT2D eigenvalue weighted by molar-refractivity contribution is 5.77. The minimum atomic E-state index is -0.349. The Kier molecular flexibility index (Phi) is 5.10. The van der Waals surface area contributed by atoms with Crippen molar-refractivity contribution in [2.75, 3.05) is 6.61 Å². The lowest BCUT2D eigenvalue weighted by Gasteiger charge is -2.06. The van der Waals surface area contributed by atoms with Crippen LogP contribution in [0.3, 0.4) is 0 Å². The van der Waals surface area contributed by atoms with E-state index in [0.29, 0.717) is 17.9 Å². The minimum absolute atomic E-state index is 0.182. The lowest BCUT2D eigenvalue weighted by atomic mass is 10.1. The fourth-order valence-electron chi connectivity index (χ4n) is 1.82. The maximum atomic E-state index is 11.8. The molecule has 0 aliphatic rings. The highest BCUT2D eigenvalue weighted by atomic mass is 16.5. The van der Waals surface area contributed by atoms with Crippen molar-refractivity contribution < 1.29 is 19.1 Å². The van der Waals surface area contributed by atoms with E-state index in [9.17, 15) is 9.59 Å². The van der Waals surface area contributed by atoms with Gasteiger partial charge in [0.05, 0.1) is 13.0 Å². The number of rotatable bonds is 6. The fourth-order valence-corrected chi connectivity index (χ4v) is 1.82. The molecule has 4 nitrogen and oxygen atoms in total. The molecule has 0 fully saturated rings. The number of benzene rings is 2. The van der Waals surface area contributed by atoms with Crippen LogP contribution in [0, 0.1) is 0 Å². The second-order valence-corrected chi connectivity index (χ2v) is 4.41. The summed E-state index contributed by atoms with van der Waals surface area (Å²) in [5, 5.41) is 0. The van der Waals surface area contributed by atoms with E-state index in [0.717, 1.165) is 17.6 Å². The summed E-state index contributed by atoms with van der Waals surface area (Å²) >= 11 is 0. The summed E-state index contributed by atoms with van der Waals surface area (Å²) < 4.78 is 10.5. The third-order valence-electron chi connectivity index (χ3n) is 2.83. The van der Waals surface area contributed by atoms with E-state index in [2.05, 4.69) is 0 Å². The van der Waals surface area contributed by atoms with Gasteiger partial charge in [-0.15, -0.1) is 0 Å². The summed E-state index contributed by atoms with van der Waals surface area (Å²) in [5.74, 6) is 0.855. The van der Waals surface area contributed by atoms with Gasteiger partial charge in [0, 0.05) is 5.56 Å². The van der Waals surface area contributed by atoms with Crippen molar-refractivity contribution in [3.05, 3.63) is 59.7 Å². The third-order valence-corrected chi connectivity index (χ3v) is 2.83. The predicted molar refractivity (Wildman–Crippen MR) is 78.8 cm³/mol. The fraction of sp³-hybridized carbons (Fsp3) is 0.176. The standard InChI is InChI=1S/C17H16O4/c1-2-20-15-7-3-13(4-8-15)11-17(19)21-16-9-5-14(12-18)6-10-16/h3-10,12H,2,11H2,1H3. The first-order valence-corrected chi connectivity index (χ1v) is 6.69. The minimum Gasteiger partial charge on any atom is -0.494 e. The molecule has 0 atom stereocenters. The van der Waals surface area contributed by atoms with Crippen molar-refractivity contribution in [3.8, 4) is 11.5 Å². The molecule has 0 bridgehead atoms. The normalized spacial score (nSPS) is 9.95.